The minimum atomic E-state index is -0.626. The first-order chi connectivity index (χ1) is 15.5. The predicted octanol–water partition coefficient (Wildman–Crippen LogP) is 3.13. The van der Waals surface area contributed by atoms with Crippen LogP contribution < -0.4 is 21.6 Å². The standard InChI is InChI=1S/C23H25ClFN5O2/c1-28-23(18-8-16(32-15-5-6-15)9-20(24)22(18)25)19(10-26)13-3-4-14(12-31)17(7-13)21(11-27)30-29-2/h3-4,7-10,12,15,29H,5-6,11,26-27H2,1-2H3/b19-10-,28-23?,30-21-. The van der Waals surface area contributed by atoms with E-state index in [1.807, 2.05) is 0 Å². The molecule has 0 saturated heterocycles. The second-order valence-electron chi connectivity index (χ2n) is 7.14. The molecule has 2 aromatic carbocycles. The fourth-order valence-corrected chi connectivity index (χ4v) is 3.52. The van der Waals surface area contributed by atoms with E-state index in [1.165, 1.54) is 19.3 Å². The fraction of sp³-hybridized carbons (Fsp3) is 0.261. The topological polar surface area (TPSA) is 115 Å². The second-order valence-corrected chi connectivity index (χ2v) is 7.55. The van der Waals surface area contributed by atoms with Crippen LogP contribution >= 0.6 is 11.6 Å². The van der Waals surface area contributed by atoms with E-state index < -0.39 is 5.82 Å². The largest absolute Gasteiger partial charge is 0.490 e. The molecule has 168 valence electrons. The average molecular weight is 458 g/mol. The van der Waals surface area contributed by atoms with Crippen molar-refractivity contribution in [3.05, 3.63) is 69.6 Å². The Morgan fingerprint density at radius 2 is 2.06 bits per heavy atom. The van der Waals surface area contributed by atoms with E-state index in [1.54, 1.807) is 31.3 Å². The maximum absolute atomic E-state index is 15.0. The molecular formula is C23H25ClFN5O2. The first kappa shape index (κ1) is 23.4. The number of nitrogens with two attached hydrogens (primary N) is 2. The van der Waals surface area contributed by atoms with Gasteiger partial charge in [0.2, 0.25) is 0 Å². The molecule has 1 fully saturated rings. The quantitative estimate of drug-likeness (QED) is 0.304. The molecule has 0 unspecified atom stereocenters. The summed E-state index contributed by atoms with van der Waals surface area (Å²) in [5.41, 5.74) is 17.4. The molecule has 0 radical (unpaired) electrons. The number of hydrazone groups is 1. The van der Waals surface area contributed by atoms with Crippen LogP contribution in [0.1, 0.15) is 39.9 Å². The van der Waals surface area contributed by atoms with Gasteiger partial charge in [0.25, 0.3) is 0 Å². The number of hydrogen-bond donors (Lipinski definition) is 3. The molecule has 2 aromatic rings. The lowest BCUT2D eigenvalue weighted by Crippen LogP contribution is -2.20. The third kappa shape index (κ3) is 4.98. The van der Waals surface area contributed by atoms with Gasteiger partial charge in [0, 0.05) is 55.2 Å². The van der Waals surface area contributed by atoms with Crippen molar-refractivity contribution in [1.29, 1.82) is 0 Å². The lowest BCUT2D eigenvalue weighted by Gasteiger charge is -2.16. The summed E-state index contributed by atoms with van der Waals surface area (Å²) in [6.07, 6.45) is 4.09. The van der Waals surface area contributed by atoms with Crippen molar-refractivity contribution in [2.24, 2.45) is 21.6 Å². The van der Waals surface area contributed by atoms with Crippen molar-refractivity contribution >= 4 is 34.9 Å². The molecule has 0 bridgehead atoms. The first-order valence-corrected chi connectivity index (χ1v) is 10.4. The highest BCUT2D eigenvalue weighted by atomic mass is 35.5. The summed E-state index contributed by atoms with van der Waals surface area (Å²) in [5, 5.41) is 4.08. The summed E-state index contributed by atoms with van der Waals surface area (Å²) in [5.74, 6) is -0.158. The zero-order valence-electron chi connectivity index (χ0n) is 17.9. The maximum atomic E-state index is 15.0. The van der Waals surface area contributed by atoms with Gasteiger partial charge in [0.05, 0.1) is 22.5 Å². The summed E-state index contributed by atoms with van der Waals surface area (Å²) in [4.78, 5) is 15.9. The molecular weight excluding hydrogens is 433 g/mol. The van der Waals surface area contributed by atoms with Gasteiger partial charge in [0.1, 0.15) is 5.75 Å². The normalized spacial score (nSPS) is 15.0. The summed E-state index contributed by atoms with van der Waals surface area (Å²) < 4.78 is 20.8. The number of rotatable bonds is 9. The molecule has 1 saturated carbocycles. The molecule has 5 N–H and O–H groups in total. The molecule has 0 heterocycles. The van der Waals surface area contributed by atoms with Gasteiger partial charge in [-0.25, -0.2) is 4.39 Å². The first-order valence-electron chi connectivity index (χ1n) is 10.1. The fourth-order valence-electron chi connectivity index (χ4n) is 3.31. The van der Waals surface area contributed by atoms with Crippen LogP contribution in [0.2, 0.25) is 5.02 Å². The van der Waals surface area contributed by atoms with Gasteiger partial charge in [-0.05, 0) is 30.5 Å². The van der Waals surface area contributed by atoms with Crippen LogP contribution in [0.4, 0.5) is 4.39 Å². The minimum absolute atomic E-state index is 0.0702. The molecule has 1 aliphatic carbocycles. The van der Waals surface area contributed by atoms with E-state index in [0.717, 1.165) is 19.1 Å². The molecule has 0 atom stereocenters. The minimum Gasteiger partial charge on any atom is -0.490 e. The Labute approximate surface area is 191 Å². The Kier molecular flexibility index (Phi) is 7.61. The van der Waals surface area contributed by atoms with Crippen LogP contribution in [0.5, 0.6) is 5.75 Å². The van der Waals surface area contributed by atoms with E-state index in [2.05, 4.69) is 15.5 Å². The zero-order valence-corrected chi connectivity index (χ0v) is 18.6. The third-order valence-electron chi connectivity index (χ3n) is 4.97. The third-order valence-corrected chi connectivity index (χ3v) is 5.25. The van der Waals surface area contributed by atoms with Crippen molar-refractivity contribution in [3.8, 4) is 5.75 Å². The van der Waals surface area contributed by atoms with E-state index in [-0.39, 0.29) is 28.9 Å². The number of nitrogens with one attached hydrogen (secondary N) is 1. The van der Waals surface area contributed by atoms with Crippen molar-refractivity contribution in [2.45, 2.75) is 18.9 Å². The van der Waals surface area contributed by atoms with Gasteiger partial charge in [-0.2, -0.15) is 5.10 Å². The lowest BCUT2D eigenvalue weighted by molar-refractivity contribution is 0.112. The number of benzene rings is 2. The number of aldehydes is 1. The highest BCUT2D eigenvalue weighted by Crippen LogP contribution is 2.33. The molecule has 0 amide bonds. The number of hydrogen-bond acceptors (Lipinski definition) is 7. The SMILES string of the molecule is CN=C(/C(=C\N)c1ccc(C=O)c(/C(CN)=N\NC)c1)c1cc(OC2CC2)cc(Cl)c1F. The van der Waals surface area contributed by atoms with E-state index in [9.17, 15) is 4.79 Å². The Morgan fingerprint density at radius 1 is 1.31 bits per heavy atom. The Balaban J connectivity index is 2.11. The lowest BCUT2D eigenvalue weighted by atomic mass is 9.92. The van der Waals surface area contributed by atoms with E-state index >= 15 is 4.39 Å². The molecule has 32 heavy (non-hydrogen) atoms. The van der Waals surface area contributed by atoms with Crippen molar-refractivity contribution in [3.63, 3.8) is 0 Å². The highest BCUT2D eigenvalue weighted by molar-refractivity contribution is 6.35. The van der Waals surface area contributed by atoms with Gasteiger partial charge in [-0.1, -0.05) is 23.7 Å². The van der Waals surface area contributed by atoms with Crippen LogP contribution in [0.25, 0.3) is 5.57 Å². The van der Waals surface area contributed by atoms with Crippen molar-refractivity contribution in [2.75, 3.05) is 20.6 Å². The molecule has 9 heteroatoms. The molecule has 0 aromatic heterocycles. The number of aliphatic imine (C=N–C) groups is 1. The molecule has 0 spiro atoms. The summed E-state index contributed by atoms with van der Waals surface area (Å²) >= 11 is 6.14. The summed E-state index contributed by atoms with van der Waals surface area (Å²) in [7, 11) is 3.17. The van der Waals surface area contributed by atoms with Crippen molar-refractivity contribution in [1.82, 2.24) is 5.43 Å². The van der Waals surface area contributed by atoms with Gasteiger partial charge in [-0.3, -0.25) is 9.79 Å². The average Bonchev–Trinajstić information content (AvgIpc) is 3.62. The van der Waals surface area contributed by atoms with E-state index in [0.29, 0.717) is 33.7 Å². The Bertz CT molecular complexity index is 1110. The van der Waals surface area contributed by atoms with Crippen molar-refractivity contribution < 1.29 is 13.9 Å². The summed E-state index contributed by atoms with van der Waals surface area (Å²) in [6.45, 7) is 0.103. The molecule has 1 aliphatic rings. The number of nitrogens with zero attached hydrogens (tertiary/aromatic N) is 2. The smallest absolute Gasteiger partial charge is 0.151 e. The number of carbonyl (C=O) groups is 1. The zero-order chi connectivity index (χ0) is 23.3. The van der Waals surface area contributed by atoms with Crippen LogP contribution in [-0.4, -0.2) is 44.5 Å². The second kappa shape index (κ2) is 10.4. The number of halogens is 2. The monoisotopic (exact) mass is 457 g/mol. The van der Waals surface area contributed by atoms with Crippen LogP contribution in [0, 0.1) is 5.82 Å². The van der Waals surface area contributed by atoms with E-state index in [4.69, 9.17) is 27.8 Å². The number of carbonyl (C=O) groups excluding carboxylic acids is 1. The van der Waals surface area contributed by atoms with Gasteiger partial charge < -0.3 is 21.6 Å². The molecule has 0 aliphatic heterocycles. The predicted molar refractivity (Wildman–Crippen MR) is 126 cm³/mol. The Hall–Kier alpha value is -3.23. The number of ether oxygens (including phenoxy) is 1. The van der Waals surface area contributed by atoms with Crippen LogP contribution in [0.3, 0.4) is 0 Å². The maximum Gasteiger partial charge on any atom is 0.151 e. The molecule has 7 nitrogen and oxygen atoms in total. The van der Waals surface area contributed by atoms with Gasteiger partial charge in [-0.15, -0.1) is 0 Å². The highest BCUT2D eigenvalue weighted by Gasteiger charge is 2.26. The van der Waals surface area contributed by atoms with Crippen LogP contribution in [-0.2, 0) is 0 Å². The van der Waals surface area contributed by atoms with Gasteiger partial charge >= 0.3 is 0 Å². The number of allylic oxidation sites excluding steroid dienone is 1. The Morgan fingerprint density at radius 3 is 2.62 bits per heavy atom. The van der Waals surface area contributed by atoms with Gasteiger partial charge in [0.15, 0.2) is 12.1 Å². The molecule has 3 rings (SSSR count). The summed E-state index contributed by atoms with van der Waals surface area (Å²) in [6, 6.07) is 8.08. The van der Waals surface area contributed by atoms with Crippen LogP contribution in [0.15, 0.2) is 46.6 Å².